The van der Waals surface area contributed by atoms with E-state index in [1.165, 1.54) is 19.0 Å². The number of carbonyl (C=O) groups is 1. The van der Waals surface area contributed by atoms with Gasteiger partial charge in [-0.1, -0.05) is 18.0 Å². The lowest BCUT2D eigenvalue weighted by Gasteiger charge is -2.26. The Labute approximate surface area is 128 Å². The zero-order chi connectivity index (χ0) is 15.3. The molecule has 0 spiro atoms. The minimum Gasteiger partial charge on any atom is -0.409 e. The molecule has 0 saturated heterocycles. The summed E-state index contributed by atoms with van der Waals surface area (Å²) in [5.74, 6) is -0.219. The van der Waals surface area contributed by atoms with Crippen LogP contribution in [0.4, 0.5) is 0 Å². The van der Waals surface area contributed by atoms with Gasteiger partial charge in [-0.2, -0.15) is 11.8 Å². The van der Waals surface area contributed by atoms with Crippen molar-refractivity contribution in [2.45, 2.75) is 30.4 Å². The summed E-state index contributed by atoms with van der Waals surface area (Å²) in [4.78, 5) is 16.2. The van der Waals surface area contributed by atoms with Crippen LogP contribution >= 0.6 is 11.8 Å². The van der Waals surface area contributed by atoms with Crippen molar-refractivity contribution in [1.82, 2.24) is 10.3 Å². The molecule has 21 heavy (non-hydrogen) atoms. The van der Waals surface area contributed by atoms with Gasteiger partial charge in [0, 0.05) is 23.1 Å². The van der Waals surface area contributed by atoms with Gasteiger partial charge in [0.1, 0.15) is 5.69 Å². The first-order chi connectivity index (χ1) is 10.1. The van der Waals surface area contributed by atoms with Crippen LogP contribution in [-0.2, 0) is 0 Å². The largest absolute Gasteiger partial charge is 0.409 e. The Morgan fingerprint density at radius 3 is 2.76 bits per heavy atom. The number of hydrogen-bond acceptors (Lipinski definition) is 5. The van der Waals surface area contributed by atoms with Crippen LogP contribution in [0.15, 0.2) is 23.5 Å². The minimum atomic E-state index is -0.193. The first kappa shape index (κ1) is 15.6. The molecule has 1 aromatic rings. The average molecular weight is 308 g/mol. The molecule has 4 N–H and O–H groups in total. The number of nitrogens with zero attached hydrogens (tertiary/aromatic N) is 2. The molecule has 0 radical (unpaired) electrons. The number of carbonyl (C=O) groups excluding carboxylic acids is 1. The SMILES string of the molecule is CSC1(CNC(=O)c2ccc(/C(N)=N/O)cn2)CCCC1. The van der Waals surface area contributed by atoms with Crippen LogP contribution in [0.2, 0.25) is 0 Å². The molecule has 6 nitrogen and oxygen atoms in total. The Balaban J connectivity index is 1.97. The van der Waals surface area contributed by atoms with Crippen LogP contribution in [0, 0.1) is 0 Å². The second kappa shape index (κ2) is 6.80. The van der Waals surface area contributed by atoms with Gasteiger partial charge in [-0.3, -0.25) is 9.78 Å². The van der Waals surface area contributed by atoms with E-state index in [0.29, 0.717) is 17.8 Å². The maximum absolute atomic E-state index is 12.1. The molecule has 1 amide bonds. The van der Waals surface area contributed by atoms with Crippen molar-refractivity contribution < 1.29 is 10.0 Å². The zero-order valence-corrected chi connectivity index (χ0v) is 12.8. The van der Waals surface area contributed by atoms with Gasteiger partial charge >= 0.3 is 0 Å². The lowest BCUT2D eigenvalue weighted by molar-refractivity contribution is 0.0944. The summed E-state index contributed by atoms with van der Waals surface area (Å²) in [5, 5.41) is 14.4. The van der Waals surface area contributed by atoms with Gasteiger partial charge in [-0.25, -0.2) is 0 Å². The van der Waals surface area contributed by atoms with E-state index in [4.69, 9.17) is 10.9 Å². The maximum atomic E-state index is 12.1. The van der Waals surface area contributed by atoms with Crippen molar-refractivity contribution in [3.8, 4) is 0 Å². The number of rotatable bonds is 5. The summed E-state index contributed by atoms with van der Waals surface area (Å²) in [6.45, 7) is 0.663. The Morgan fingerprint density at radius 1 is 1.52 bits per heavy atom. The van der Waals surface area contributed by atoms with E-state index in [1.54, 1.807) is 12.1 Å². The zero-order valence-electron chi connectivity index (χ0n) is 12.0. The molecule has 0 bridgehead atoms. The molecule has 0 atom stereocenters. The number of nitrogens with one attached hydrogen (secondary N) is 1. The van der Waals surface area contributed by atoms with Crippen LogP contribution in [0.25, 0.3) is 0 Å². The van der Waals surface area contributed by atoms with E-state index in [-0.39, 0.29) is 16.5 Å². The van der Waals surface area contributed by atoms with E-state index >= 15 is 0 Å². The summed E-state index contributed by atoms with van der Waals surface area (Å²) in [6.07, 6.45) is 8.26. The highest BCUT2D eigenvalue weighted by atomic mass is 32.2. The summed E-state index contributed by atoms with van der Waals surface area (Å²) >= 11 is 1.83. The molecular formula is C14H20N4O2S. The van der Waals surface area contributed by atoms with Gasteiger partial charge in [-0.05, 0) is 31.2 Å². The highest BCUT2D eigenvalue weighted by Gasteiger charge is 2.33. The minimum absolute atomic E-state index is 0.0262. The summed E-state index contributed by atoms with van der Waals surface area (Å²) in [6, 6.07) is 3.18. The second-order valence-electron chi connectivity index (χ2n) is 5.19. The molecule has 114 valence electrons. The molecule has 1 fully saturated rings. The lowest BCUT2D eigenvalue weighted by atomic mass is 10.1. The van der Waals surface area contributed by atoms with Crippen molar-refractivity contribution in [3.63, 3.8) is 0 Å². The van der Waals surface area contributed by atoms with Crippen molar-refractivity contribution in [2.24, 2.45) is 10.9 Å². The summed E-state index contributed by atoms with van der Waals surface area (Å²) < 4.78 is 0.170. The lowest BCUT2D eigenvalue weighted by Crippen LogP contribution is -2.38. The Hall–Kier alpha value is -1.76. The second-order valence-corrected chi connectivity index (χ2v) is 6.47. The predicted octanol–water partition coefficient (Wildman–Crippen LogP) is 1.58. The Morgan fingerprint density at radius 2 is 2.24 bits per heavy atom. The van der Waals surface area contributed by atoms with Gasteiger partial charge < -0.3 is 16.3 Å². The van der Waals surface area contributed by atoms with E-state index in [0.717, 1.165) is 12.8 Å². The normalized spacial score (nSPS) is 17.7. The fraction of sp³-hybridized carbons (Fsp3) is 0.500. The van der Waals surface area contributed by atoms with Crippen LogP contribution < -0.4 is 11.1 Å². The third-order valence-corrected chi connectivity index (χ3v) is 5.34. The molecule has 1 saturated carbocycles. The monoisotopic (exact) mass is 308 g/mol. The third-order valence-electron chi connectivity index (χ3n) is 3.92. The number of oxime groups is 1. The van der Waals surface area contributed by atoms with Gasteiger partial charge in [0.25, 0.3) is 5.91 Å². The number of hydrogen-bond donors (Lipinski definition) is 3. The van der Waals surface area contributed by atoms with Gasteiger partial charge in [0.05, 0.1) is 0 Å². The van der Waals surface area contributed by atoms with Crippen LogP contribution in [0.3, 0.4) is 0 Å². The highest BCUT2D eigenvalue weighted by Crippen LogP contribution is 2.39. The van der Waals surface area contributed by atoms with Crippen molar-refractivity contribution in [1.29, 1.82) is 0 Å². The molecular weight excluding hydrogens is 288 g/mol. The molecule has 0 aliphatic heterocycles. The third kappa shape index (κ3) is 3.66. The standard InChI is InChI=1S/C14H20N4O2S/c1-21-14(6-2-3-7-14)9-17-13(19)11-5-4-10(8-16-11)12(15)18-20/h4-5,8,20H,2-3,6-7,9H2,1H3,(H2,15,18)(H,17,19). The van der Waals surface area contributed by atoms with E-state index in [1.807, 2.05) is 11.8 Å². The van der Waals surface area contributed by atoms with E-state index in [2.05, 4.69) is 21.7 Å². The van der Waals surface area contributed by atoms with Crippen molar-refractivity contribution in [2.75, 3.05) is 12.8 Å². The predicted molar refractivity (Wildman–Crippen MR) is 83.8 cm³/mol. The molecule has 2 rings (SSSR count). The Bertz CT molecular complexity index is 524. The van der Waals surface area contributed by atoms with Gasteiger partial charge in [-0.15, -0.1) is 0 Å². The van der Waals surface area contributed by atoms with Gasteiger partial charge in [0.2, 0.25) is 0 Å². The van der Waals surface area contributed by atoms with Crippen LogP contribution in [-0.4, -0.2) is 39.5 Å². The average Bonchev–Trinajstić information content (AvgIpc) is 3.01. The van der Waals surface area contributed by atoms with E-state index < -0.39 is 0 Å². The highest BCUT2D eigenvalue weighted by molar-refractivity contribution is 8.00. The molecule has 7 heteroatoms. The molecule has 1 aromatic heterocycles. The number of amidine groups is 1. The van der Waals surface area contributed by atoms with Crippen LogP contribution in [0.5, 0.6) is 0 Å². The van der Waals surface area contributed by atoms with Crippen molar-refractivity contribution >= 4 is 23.5 Å². The van der Waals surface area contributed by atoms with Gasteiger partial charge in [0.15, 0.2) is 5.84 Å². The molecule has 1 aliphatic carbocycles. The topological polar surface area (TPSA) is 101 Å². The summed E-state index contributed by atoms with van der Waals surface area (Å²) in [7, 11) is 0. The number of nitrogens with two attached hydrogens (primary N) is 1. The Kier molecular flexibility index (Phi) is 5.06. The van der Waals surface area contributed by atoms with E-state index in [9.17, 15) is 4.79 Å². The molecule has 1 heterocycles. The molecule has 1 aliphatic rings. The number of aromatic nitrogens is 1. The summed E-state index contributed by atoms with van der Waals surface area (Å²) in [5.41, 5.74) is 6.26. The molecule has 0 unspecified atom stereocenters. The maximum Gasteiger partial charge on any atom is 0.269 e. The smallest absolute Gasteiger partial charge is 0.269 e. The fourth-order valence-electron chi connectivity index (χ4n) is 2.54. The first-order valence-electron chi connectivity index (χ1n) is 6.87. The molecule has 0 aromatic carbocycles. The fourth-order valence-corrected chi connectivity index (χ4v) is 3.46. The van der Waals surface area contributed by atoms with Crippen molar-refractivity contribution in [3.05, 3.63) is 29.6 Å². The number of thioether (sulfide) groups is 1. The number of amides is 1. The first-order valence-corrected chi connectivity index (χ1v) is 8.10. The quantitative estimate of drug-likeness (QED) is 0.332. The van der Waals surface area contributed by atoms with Crippen LogP contribution in [0.1, 0.15) is 41.7 Å². The number of pyridine rings is 1.